The summed E-state index contributed by atoms with van der Waals surface area (Å²) in [6, 6.07) is 5.29. The van der Waals surface area contributed by atoms with Crippen LogP contribution in [-0.2, 0) is 11.0 Å². The Labute approximate surface area is 163 Å². The molecule has 2 bridgehead atoms. The van der Waals surface area contributed by atoms with Gasteiger partial charge in [-0.25, -0.2) is 0 Å². The van der Waals surface area contributed by atoms with E-state index in [1.165, 1.54) is 24.6 Å². The quantitative estimate of drug-likeness (QED) is 0.731. The molecule has 0 aliphatic heterocycles. The van der Waals surface area contributed by atoms with Crippen LogP contribution >= 0.6 is 12.4 Å². The summed E-state index contributed by atoms with van der Waals surface area (Å²) in [5.74, 6) is 0.516. The molecule has 2 saturated carbocycles. The molecule has 0 aromatic heterocycles. The number of hydrogen-bond donors (Lipinski definition) is 2. The molecule has 152 valence electrons. The molecule has 2 aliphatic rings. The van der Waals surface area contributed by atoms with Crippen molar-refractivity contribution in [3.8, 4) is 5.75 Å². The van der Waals surface area contributed by atoms with E-state index in [4.69, 9.17) is 10.5 Å². The topological polar surface area (TPSA) is 64.4 Å². The summed E-state index contributed by atoms with van der Waals surface area (Å²) >= 11 is 0. The molecular formula is C19H26ClF3N2O2. The Morgan fingerprint density at radius 2 is 1.81 bits per heavy atom. The second-order valence-corrected chi connectivity index (χ2v) is 7.33. The van der Waals surface area contributed by atoms with E-state index in [1.807, 2.05) is 0 Å². The maximum absolute atomic E-state index is 12.9. The van der Waals surface area contributed by atoms with Crippen molar-refractivity contribution in [1.29, 1.82) is 0 Å². The zero-order chi connectivity index (χ0) is 18.7. The number of nitrogens with two attached hydrogens (primary N) is 1. The third-order valence-electron chi connectivity index (χ3n) is 5.64. The highest BCUT2D eigenvalue weighted by molar-refractivity contribution is 5.85. The summed E-state index contributed by atoms with van der Waals surface area (Å²) in [6.45, 7) is 0.181. The van der Waals surface area contributed by atoms with Gasteiger partial charge in [0.1, 0.15) is 12.4 Å². The minimum absolute atomic E-state index is 0. The predicted molar refractivity (Wildman–Crippen MR) is 98.7 cm³/mol. The van der Waals surface area contributed by atoms with Gasteiger partial charge in [-0.2, -0.15) is 13.2 Å². The van der Waals surface area contributed by atoms with Gasteiger partial charge in [-0.15, -0.1) is 12.4 Å². The fraction of sp³-hybridized carbons (Fsp3) is 0.632. The van der Waals surface area contributed by atoms with Crippen LogP contribution in [0, 0.1) is 17.8 Å². The number of ether oxygens (including phenoxy) is 1. The van der Waals surface area contributed by atoms with Gasteiger partial charge in [-0.05, 0) is 49.7 Å². The molecule has 0 spiro atoms. The fourth-order valence-corrected chi connectivity index (χ4v) is 4.31. The summed E-state index contributed by atoms with van der Waals surface area (Å²) in [5, 5.41) is 2.80. The number of carbonyl (C=O) groups excluding carboxylic acids is 1. The lowest BCUT2D eigenvalue weighted by Crippen LogP contribution is -2.49. The highest BCUT2D eigenvalue weighted by atomic mass is 35.5. The maximum Gasteiger partial charge on any atom is 0.419 e. The first-order valence-electron chi connectivity index (χ1n) is 9.18. The Bertz CT molecular complexity index is 628. The molecule has 3 N–H and O–H groups in total. The molecule has 0 saturated heterocycles. The molecule has 27 heavy (non-hydrogen) atoms. The lowest BCUT2D eigenvalue weighted by molar-refractivity contribution is -0.139. The van der Waals surface area contributed by atoms with Crippen LogP contribution in [-0.4, -0.2) is 25.1 Å². The van der Waals surface area contributed by atoms with Crippen LogP contribution in [0.1, 0.15) is 37.7 Å². The Morgan fingerprint density at radius 3 is 2.44 bits per heavy atom. The first kappa shape index (κ1) is 21.8. The molecule has 0 radical (unpaired) electrons. The third-order valence-corrected chi connectivity index (χ3v) is 5.64. The number of para-hydroxylation sites is 1. The number of benzene rings is 1. The molecule has 8 heteroatoms. The van der Waals surface area contributed by atoms with Crippen molar-refractivity contribution in [2.75, 3.05) is 13.2 Å². The lowest BCUT2D eigenvalue weighted by atomic mass is 9.65. The summed E-state index contributed by atoms with van der Waals surface area (Å²) in [4.78, 5) is 12.4. The molecule has 2 fully saturated rings. The van der Waals surface area contributed by atoms with Crippen LogP contribution in [0.4, 0.5) is 13.2 Å². The molecule has 1 aromatic carbocycles. The SMILES string of the molecule is Cl.NC1C2CCCC1CC(C(=O)NCCOc1ccccc1C(F)(F)F)C2. The van der Waals surface area contributed by atoms with Gasteiger partial charge in [0, 0.05) is 12.0 Å². The Hall–Kier alpha value is -1.47. The van der Waals surface area contributed by atoms with E-state index in [-0.39, 0.29) is 49.2 Å². The van der Waals surface area contributed by atoms with Crippen molar-refractivity contribution in [2.45, 2.75) is 44.3 Å². The van der Waals surface area contributed by atoms with E-state index in [0.717, 1.165) is 31.7 Å². The number of nitrogens with one attached hydrogen (secondary N) is 1. The summed E-state index contributed by atoms with van der Waals surface area (Å²) in [6.07, 6.45) is 0.502. The summed E-state index contributed by atoms with van der Waals surface area (Å²) < 4.78 is 44.0. The van der Waals surface area contributed by atoms with Crippen LogP contribution in [0.25, 0.3) is 0 Å². The maximum atomic E-state index is 12.9. The van der Waals surface area contributed by atoms with Crippen molar-refractivity contribution in [2.24, 2.45) is 23.5 Å². The van der Waals surface area contributed by atoms with Crippen LogP contribution in [0.15, 0.2) is 24.3 Å². The van der Waals surface area contributed by atoms with Gasteiger partial charge >= 0.3 is 6.18 Å². The first-order valence-corrected chi connectivity index (χ1v) is 9.18. The highest BCUT2D eigenvalue weighted by Crippen LogP contribution is 2.42. The van der Waals surface area contributed by atoms with Gasteiger partial charge in [-0.3, -0.25) is 4.79 Å². The van der Waals surface area contributed by atoms with Gasteiger partial charge in [-0.1, -0.05) is 18.6 Å². The molecule has 2 atom stereocenters. The van der Waals surface area contributed by atoms with Crippen molar-refractivity contribution in [3.05, 3.63) is 29.8 Å². The minimum atomic E-state index is -4.46. The molecular weight excluding hydrogens is 381 g/mol. The van der Waals surface area contributed by atoms with Crippen LogP contribution in [0.3, 0.4) is 0 Å². The molecule has 2 aliphatic carbocycles. The molecule has 3 rings (SSSR count). The van der Waals surface area contributed by atoms with E-state index in [9.17, 15) is 18.0 Å². The van der Waals surface area contributed by atoms with Gasteiger partial charge in [0.15, 0.2) is 0 Å². The summed E-state index contributed by atoms with van der Waals surface area (Å²) in [7, 11) is 0. The molecule has 0 heterocycles. The van der Waals surface area contributed by atoms with E-state index in [1.54, 1.807) is 0 Å². The van der Waals surface area contributed by atoms with Crippen LogP contribution in [0.2, 0.25) is 0 Å². The predicted octanol–water partition coefficient (Wildman–Crippen LogP) is 3.78. The normalized spacial score (nSPS) is 27.4. The molecule has 1 aromatic rings. The van der Waals surface area contributed by atoms with Crippen molar-refractivity contribution in [3.63, 3.8) is 0 Å². The van der Waals surface area contributed by atoms with Crippen molar-refractivity contribution in [1.82, 2.24) is 5.32 Å². The number of amides is 1. The van der Waals surface area contributed by atoms with Crippen molar-refractivity contribution < 1.29 is 22.7 Å². The van der Waals surface area contributed by atoms with E-state index < -0.39 is 11.7 Å². The molecule has 1 amide bonds. The number of rotatable bonds is 5. The van der Waals surface area contributed by atoms with Gasteiger partial charge in [0.05, 0.1) is 12.1 Å². The monoisotopic (exact) mass is 406 g/mol. The van der Waals surface area contributed by atoms with E-state index in [0.29, 0.717) is 11.8 Å². The zero-order valence-corrected chi connectivity index (χ0v) is 15.8. The number of halogens is 4. The molecule has 2 unspecified atom stereocenters. The van der Waals surface area contributed by atoms with Crippen LogP contribution in [0.5, 0.6) is 5.75 Å². The average molecular weight is 407 g/mol. The summed E-state index contributed by atoms with van der Waals surface area (Å²) in [5.41, 5.74) is 5.43. The fourth-order valence-electron chi connectivity index (χ4n) is 4.31. The molecule has 4 nitrogen and oxygen atoms in total. The highest BCUT2D eigenvalue weighted by Gasteiger charge is 2.40. The van der Waals surface area contributed by atoms with Crippen LogP contribution < -0.4 is 15.8 Å². The Kier molecular flexibility index (Phi) is 7.40. The number of hydrogen-bond acceptors (Lipinski definition) is 3. The second-order valence-electron chi connectivity index (χ2n) is 7.33. The lowest BCUT2D eigenvalue weighted by Gasteiger charge is -2.43. The largest absolute Gasteiger partial charge is 0.491 e. The van der Waals surface area contributed by atoms with E-state index in [2.05, 4.69) is 5.32 Å². The van der Waals surface area contributed by atoms with Crippen molar-refractivity contribution >= 4 is 18.3 Å². The Balaban J connectivity index is 0.00000261. The Morgan fingerprint density at radius 1 is 1.19 bits per heavy atom. The van der Waals surface area contributed by atoms with E-state index >= 15 is 0 Å². The minimum Gasteiger partial charge on any atom is -0.491 e. The third kappa shape index (κ3) is 5.29. The smallest absolute Gasteiger partial charge is 0.419 e. The zero-order valence-electron chi connectivity index (χ0n) is 15.0. The number of fused-ring (bicyclic) bond motifs is 2. The first-order chi connectivity index (χ1) is 12.4. The van der Waals surface area contributed by atoms with Gasteiger partial charge in [0.25, 0.3) is 0 Å². The average Bonchev–Trinajstić information content (AvgIpc) is 2.58. The number of carbonyl (C=O) groups is 1. The van der Waals surface area contributed by atoms with Gasteiger partial charge in [0.2, 0.25) is 5.91 Å². The second kappa shape index (κ2) is 9.15. The van der Waals surface area contributed by atoms with Gasteiger partial charge < -0.3 is 15.8 Å². The standard InChI is InChI=1S/C19H25F3N2O2.ClH/c20-19(21,22)15-6-1-2-7-16(15)26-9-8-24-18(25)14-10-12-4-3-5-13(11-14)17(12)23;/h1-2,6-7,12-14,17H,3-5,8-11,23H2,(H,24,25);1H. The number of alkyl halides is 3.